The van der Waals surface area contributed by atoms with Gasteiger partial charge in [-0.2, -0.15) is 0 Å². The molecule has 1 atom stereocenters. The lowest BCUT2D eigenvalue weighted by Crippen LogP contribution is -2.25. The summed E-state index contributed by atoms with van der Waals surface area (Å²) in [4.78, 5) is 22.1. The van der Waals surface area contributed by atoms with Crippen molar-refractivity contribution in [1.82, 2.24) is 5.32 Å². The Hall–Kier alpha value is -1.36. The quantitative estimate of drug-likeness (QED) is 0.713. The van der Waals surface area contributed by atoms with E-state index in [1.54, 1.807) is 0 Å². The zero-order chi connectivity index (χ0) is 15.0. The van der Waals surface area contributed by atoms with Gasteiger partial charge in [-0.15, -0.1) is 0 Å². The van der Waals surface area contributed by atoms with Crippen LogP contribution in [0.15, 0.2) is 28.7 Å². The molecule has 0 radical (unpaired) electrons. The highest BCUT2D eigenvalue weighted by molar-refractivity contribution is 9.10. The number of carboxylic acid groups (broad SMARTS) is 1. The molecule has 1 aromatic carbocycles. The summed E-state index contributed by atoms with van der Waals surface area (Å²) >= 11 is 3.38. The first-order valence-corrected chi connectivity index (χ1v) is 7.52. The van der Waals surface area contributed by atoms with Crippen LogP contribution in [-0.2, 0) is 9.59 Å². The number of halogens is 1. The topological polar surface area (TPSA) is 66.4 Å². The fourth-order valence-corrected chi connectivity index (χ4v) is 2.15. The molecule has 2 N–H and O–H groups in total. The van der Waals surface area contributed by atoms with Gasteiger partial charge < -0.3 is 10.4 Å². The lowest BCUT2D eigenvalue weighted by Gasteiger charge is -2.12. The third kappa shape index (κ3) is 6.70. The minimum absolute atomic E-state index is 0.00995. The number of carbonyl (C=O) groups excluding carboxylic acids is 1. The molecule has 4 nitrogen and oxygen atoms in total. The maximum atomic E-state index is 11.8. The van der Waals surface area contributed by atoms with Crippen molar-refractivity contribution in [3.05, 3.63) is 34.3 Å². The van der Waals surface area contributed by atoms with Gasteiger partial charge in [0.1, 0.15) is 0 Å². The van der Waals surface area contributed by atoms with E-state index in [1.165, 1.54) is 0 Å². The average Bonchev–Trinajstić information content (AvgIpc) is 2.38. The summed E-state index contributed by atoms with van der Waals surface area (Å²) in [5.74, 6) is -0.613. The van der Waals surface area contributed by atoms with E-state index >= 15 is 0 Å². The van der Waals surface area contributed by atoms with E-state index in [2.05, 4.69) is 21.2 Å². The molecular formula is C15H20BrNO3. The summed E-state index contributed by atoms with van der Waals surface area (Å²) in [7, 11) is 0. The molecule has 1 aromatic rings. The molecule has 110 valence electrons. The Morgan fingerprint density at radius 2 is 1.90 bits per heavy atom. The van der Waals surface area contributed by atoms with Crippen LogP contribution < -0.4 is 5.32 Å². The molecule has 0 aromatic heterocycles. The van der Waals surface area contributed by atoms with Gasteiger partial charge in [0, 0.05) is 23.9 Å². The number of hydrogen-bond donors (Lipinski definition) is 2. The summed E-state index contributed by atoms with van der Waals surface area (Å²) in [6.07, 6.45) is 1.90. The lowest BCUT2D eigenvalue weighted by molar-refractivity contribution is -0.137. The number of carbonyl (C=O) groups is 2. The number of unbranched alkanes of at least 4 members (excludes halogenated alkanes) is 1. The molecule has 0 saturated heterocycles. The second-order valence-electron chi connectivity index (χ2n) is 4.86. The predicted octanol–water partition coefficient (Wildman–Crippen LogP) is 3.31. The zero-order valence-corrected chi connectivity index (χ0v) is 13.1. The standard InChI is InChI=1S/C15H20BrNO3/c1-11(12-5-7-13(16)8-6-12)10-14(18)17-9-3-2-4-15(19)20/h5-8,11H,2-4,9-10H2,1H3,(H,17,18)(H,19,20). The van der Waals surface area contributed by atoms with Crippen LogP contribution in [0.1, 0.15) is 44.1 Å². The van der Waals surface area contributed by atoms with E-state index in [9.17, 15) is 9.59 Å². The van der Waals surface area contributed by atoms with Gasteiger partial charge in [-0.3, -0.25) is 9.59 Å². The molecule has 1 rings (SSSR count). The highest BCUT2D eigenvalue weighted by atomic mass is 79.9. The van der Waals surface area contributed by atoms with Gasteiger partial charge in [0.25, 0.3) is 0 Å². The van der Waals surface area contributed by atoms with Gasteiger partial charge in [-0.1, -0.05) is 35.0 Å². The van der Waals surface area contributed by atoms with Crippen molar-refractivity contribution in [2.75, 3.05) is 6.54 Å². The third-order valence-electron chi connectivity index (χ3n) is 3.07. The van der Waals surface area contributed by atoms with E-state index in [4.69, 9.17) is 5.11 Å². The maximum absolute atomic E-state index is 11.8. The minimum atomic E-state index is -0.791. The molecule has 0 spiro atoms. The van der Waals surface area contributed by atoms with Crippen LogP contribution in [0.3, 0.4) is 0 Å². The van der Waals surface area contributed by atoms with E-state index in [0.717, 1.165) is 10.0 Å². The van der Waals surface area contributed by atoms with Crippen LogP contribution in [-0.4, -0.2) is 23.5 Å². The molecule has 0 aliphatic heterocycles. The maximum Gasteiger partial charge on any atom is 0.303 e. The Labute approximate surface area is 127 Å². The molecule has 20 heavy (non-hydrogen) atoms. The average molecular weight is 342 g/mol. The van der Waals surface area contributed by atoms with Gasteiger partial charge in [0.05, 0.1) is 0 Å². The molecule has 0 saturated carbocycles. The lowest BCUT2D eigenvalue weighted by atomic mass is 9.97. The largest absolute Gasteiger partial charge is 0.481 e. The van der Waals surface area contributed by atoms with Crippen LogP contribution in [0.2, 0.25) is 0 Å². The highest BCUT2D eigenvalue weighted by Gasteiger charge is 2.10. The van der Waals surface area contributed by atoms with Crippen LogP contribution in [0.4, 0.5) is 0 Å². The molecule has 1 unspecified atom stereocenters. The molecule has 1 amide bonds. The normalized spacial score (nSPS) is 11.9. The molecule has 0 aliphatic carbocycles. The van der Waals surface area contributed by atoms with Crippen molar-refractivity contribution < 1.29 is 14.7 Å². The number of benzene rings is 1. The smallest absolute Gasteiger partial charge is 0.303 e. The number of rotatable bonds is 8. The van der Waals surface area contributed by atoms with Crippen LogP contribution in [0, 0.1) is 0 Å². The van der Waals surface area contributed by atoms with E-state index < -0.39 is 5.97 Å². The number of hydrogen-bond acceptors (Lipinski definition) is 2. The van der Waals surface area contributed by atoms with Crippen molar-refractivity contribution in [2.45, 2.75) is 38.5 Å². The van der Waals surface area contributed by atoms with Crippen LogP contribution >= 0.6 is 15.9 Å². The fourth-order valence-electron chi connectivity index (χ4n) is 1.89. The molecule has 0 fully saturated rings. The van der Waals surface area contributed by atoms with Crippen LogP contribution in [0.5, 0.6) is 0 Å². The van der Waals surface area contributed by atoms with E-state index in [1.807, 2.05) is 31.2 Å². The zero-order valence-electron chi connectivity index (χ0n) is 11.6. The monoisotopic (exact) mass is 341 g/mol. The third-order valence-corrected chi connectivity index (χ3v) is 3.60. The van der Waals surface area contributed by atoms with Crippen LogP contribution in [0.25, 0.3) is 0 Å². The first-order valence-electron chi connectivity index (χ1n) is 6.73. The first-order chi connectivity index (χ1) is 9.49. The Morgan fingerprint density at radius 3 is 2.50 bits per heavy atom. The summed E-state index contributed by atoms with van der Waals surface area (Å²) in [6, 6.07) is 7.95. The van der Waals surface area contributed by atoms with Crippen molar-refractivity contribution in [3.8, 4) is 0 Å². The van der Waals surface area contributed by atoms with Gasteiger partial charge in [-0.05, 0) is 36.5 Å². The van der Waals surface area contributed by atoms with Gasteiger partial charge in [0.2, 0.25) is 5.91 Å². The molecule has 0 heterocycles. The SMILES string of the molecule is CC(CC(=O)NCCCCC(=O)O)c1ccc(Br)cc1. The number of nitrogens with one attached hydrogen (secondary N) is 1. The van der Waals surface area contributed by atoms with Crippen molar-refractivity contribution in [3.63, 3.8) is 0 Å². The first kappa shape index (κ1) is 16.7. The van der Waals surface area contributed by atoms with E-state index in [0.29, 0.717) is 25.8 Å². The molecule has 0 bridgehead atoms. The Morgan fingerprint density at radius 1 is 1.25 bits per heavy atom. The Kier molecular flexibility index (Phi) is 7.30. The second kappa shape index (κ2) is 8.74. The second-order valence-corrected chi connectivity index (χ2v) is 5.77. The Bertz CT molecular complexity index is 445. The highest BCUT2D eigenvalue weighted by Crippen LogP contribution is 2.21. The number of aliphatic carboxylic acids is 1. The van der Waals surface area contributed by atoms with Gasteiger partial charge in [0.15, 0.2) is 0 Å². The number of amides is 1. The fraction of sp³-hybridized carbons (Fsp3) is 0.467. The van der Waals surface area contributed by atoms with Gasteiger partial charge in [-0.25, -0.2) is 0 Å². The van der Waals surface area contributed by atoms with Crippen molar-refractivity contribution in [1.29, 1.82) is 0 Å². The van der Waals surface area contributed by atoms with Gasteiger partial charge >= 0.3 is 5.97 Å². The summed E-state index contributed by atoms with van der Waals surface area (Å²) in [5.41, 5.74) is 1.13. The van der Waals surface area contributed by atoms with E-state index in [-0.39, 0.29) is 18.2 Å². The number of carboxylic acids is 1. The molecule has 0 aliphatic rings. The van der Waals surface area contributed by atoms with Crippen molar-refractivity contribution in [2.24, 2.45) is 0 Å². The summed E-state index contributed by atoms with van der Waals surface area (Å²) in [6.45, 7) is 2.56. The summed E-state index contributed by atoms with van der Waals surface area (Å²) in [5, 5.41) is 11.3. The predicted molar refractivity (Wildman–Crippen MR) is 81.7 cm³/mol. The Balaban J connectivity index is 2.24. The molecule has 5 heteroatoms. The molecular weight excluding hydrogens is 322 g/mol. The van der Waals surface area contributed by atoms with Crippen molar-refractivity contribution >= 4 is 27.8 Å². The summed E-state index contributed by atoms with van der Waals surface area (Å²) < 4.78 is 1.02. The minimum Gasteiger partial charge on any atom is -0.481 e.